The highest BCUT2D eigenvalue weighted by Gasteiger charge is 2.14. The van der Waals surface area contributed by atoms with Crippen molar-refractivity contribution in [2.45, 2.75) is 5.88 Å². The lowest BCUT2D eigenvalue weighted by molar-refractivity contribution is -0.386. The van der Waals surface area contributed by atoms with Crippen LogP contribution in [-0.4, -0.2) is 9.91 Å². The fraction of sp³-hybridized carbons (Fsp3) is 0.167. The van der Waals surface area contributed by atoms with Crippen LogP contribution in [0.3, 0.4) is 0 Å². The van der Waals surface area contributed by atoms with Gasteiger partial charge >= 0.3 is 0 Å². The molecule has 0 spiro atoms. The van der Waals surface area contributed by atoms with Crippen molar-refractivity contribution in [3.63, 3.8) is 0 Å². The number of alkyl halides is 1. The summed E-state index contributed by atoms with van der Waals surface area (Å²) in [5, 5.41) is 10.3. The molecule has 0 aliphatic rings. The molecule has 0 atom stereocenters. The minimum Gasteiger partial charge on any atom is -0.258 e. The van der Waals surface area contributed by atoms with Crippen LogP contribution in [0.15, 0.2) is 12.3 Å². The number of nitro groups is 1. The summed E-state index contributed by atoms with van der Waals surface area (Å²) >= 11 is 5.34. The third kappa shape index (κ3) is 1.68. The first-order valence-electron chi connectivity index (χ1n) is 3.00. The second-order valence-electron chi connectivity index (χ2n) is 2.01. The first-order valence-corrected chi connectivity index (χ1v) is 3.53. The van der Waals surface area contributed by atoms with Crippen molar-refractivity contribution in [3.05, 3.63) is 33.9 Å². The number of aromatic nitrogens is 1. The Labute approximate surface area is 72.1 Å². The number of pyridine rings is 1. The van der Waals surface area contributed by atoms with Crippen LogP contribution in [0.4, 0.5) is 10.1 Å². The van der Waals surface area contributed by atoms with Crippen LogP contribution in [0.1, 0.15) is 5.69 Å². The summed E-state index contributed by atoms with van der Waals surface area (Å²) in [7, 11) is 0. The molecule has 1 aromatic heterocycles. The highest BCUT2D eigenvalue weighted by atomic mass is 35.5. The number of rotatable bonds is 2. The van der Waals surface area contributed by atoms with Gasteiger partial charge in [-0.25, -0.2) is 9.37 Å². The molecule has 0 N–H and O–H groups in total. The molecule has 6 heteroatoms. The molecular weight excluding hydrogens is 187 g/mol. The van der Waals surface area contributed by atoms with E-state index in [0.29, 0.717) is 0 Å². The average Bonchev–Trinajstić information content (AvgIpc) is 2.04. The van der Waals surface area contributed by atoms with Crippen LogP contribution in [0.2, 0.25) is 0 Å². The van der Waals surface area contributed by atoms with Gasteiger partial charge < -0.3 is 0 Å². The van der Waals surface area contributed by atoms with Crippen molar-refractivity contribution in [2.24, 2.45) is 0 Å². The molecule has 0 bridgehead atoms. The zero-order valence-electron chi connectivity index (χ0n) is 5.83. The standard InChI is InChI=1S/C6H4ClFN2O2/c7-2-5-6(10(11)12)1-4(8)3-9-5/h1,3H,2H2. The van der Waals surface area contributed by atoms with Crippen molar-refractivity contribution in [1.29, 1.82) is 0 Å². The number of halogens is 2. The zero-order valence-corrected chi connectivity index (χ0v) is 6.58. The van der Waals surface area contributed by atoms with E-state index in [9.17, 15) is 14.5 Å². The summed E-state index contributed by atoms with van der Waals surface area (Å²) in [5.41, 5.74) is -0.312. The van der Waals surface area contributed by atoms with Gasteiger partial charge in [0.1, 0.15) is 11.5 Å². The van der Waals surface area contributed by atoms with Gasteiger partial charge in [0.05, 0.1) is 23.1 Å². The Kier molecular flexibility index (Phi) is 2.54. The van der Waals surface area contributed by atoms with Gasteiger partial charge in [-0.3, -0.25) is 10.1 Å². The molecule has 0 aliphatic carbocycles. The third-order valence-corrected chi connectivity index (χ3v) is 1.49. The number of hydrogen-bond acceptors (Lipinski definition) is 3. The maximum atomic E-state index is 12.4. The van der Waals surface area contributed by atoms with Crippen LogP contribution in [-0.2, 0) is 5.88 Å². The van der Waals surface area contributed by atoms with Crippen molar-refractivity contribution in [1.82, 2.24) is 4.98 Å². The van der Waals surface area contributed by atoms with E-state index in [2.05, 4.69) is 4.98 Å². The molecule has 0 saturated heterocycles. The van der Waals surface area contributed by atoms with Gasteiger partial charge in [-0.1, -0.05) is 0 Å². The molecular formula is C6H4ClFN2O2. The lowest BCUT2D eigenvalue weighted by Gasteiger charge is -1.96. The van der Waals surface area contributed by atoms with E-state index in [1.54, 1.807) is 0 Å². The van der Waals surface area contributed by atoms with Crippen molar-refractivity contribution >= 4 is 17.3 Å². The molecule has 0 aliphatic heterocycles. The fourth-order valence-corrected chi connectivity index (χ4v) is 0.924. The van der Waals surface area contributed by atoms with Crippen LogP contribution in [0, 0.1) is 15.9 Å². The molecule has 0 radical (unpaired) electrons. The topological polar surface area (TPSA) is 56.0 Å². The van der Waals surface area contributed by atoms with E-state index >= 15 is 0 Å². The highest BCUT2D eigenvalue weighted by Crippen LogP contribution is 2.18. The van der Waals surface area contributed by atoms with Crippen LogP contribution in [0.5, 0.6) is 0 Å². The number of hydrogen-bond donors (Lipinski definition) is 0. The Morgan fingerprint density at radius 3 is 2.92 bits per heavy atom. The summed E-state index contributed by atoms with van der Waals surface area (Å²) in [6.45, 7) is 0. The molecule has 4 nitrogen and oxygen atoms in total. The molecule has 0 fully saturated rings. The second-order valence-corrected chi connectivity index (χ2v) is 2.28. The Hall–Kier alpha value is -1.23. The van der Waals surface area contributed by atoms with Crippen LogP contribution >= 0.6 is 11.6 Å². The van der Waals surface area contributed by atoms with E-state index < -0.39 is 10.7 Å². The van der Waals surface area contributed by atoms with E-state index in [0.717, 1.165) is 12.3 Å². The summed E-state index contributed by atoms with van der Waals surface area (Å²) in [4.78, 5) is 13.0. The SMILES string of the molecule is O=[N+]([O-])c1cc(F)cnc1CCl. The monoisotopic (exact) mass is 190 g/mol. The van der Waals surface area contributed by atoms with Gasteiger partial charge in [-0.05, 0) is 0 Å². The molecule has 0 saturated carbocycles. The average molecular weight is 191 g/mol. The normalized spacial score (nSPS) is 9.83. The van der Waals surface area contributed by atoms with Gasteiger partial charge in [0, 0.05) is 0 Å². The van der Waals surface area contributed by atoms with E-state index in [-0.39, 0.29) is 17.3 Å². The Morgan fingerprint density at radius 1 is 1.75 bits per heavy atom. The zero-order chi connectivity index (χ0) is 9.14. The van der Waals surface area contributed by atoms with Gasteiger partial charge in [0.25, 0.3) is 5.69 Å². The Balaban J connectivity index is 3.21. The minimum absolute atomic E-state index is 0.0723. The maximum absolute atomic E-state index is 12.4. The summed E-state index contributed by atoms with van der Waals surface area (Å²) in [6.07, 6.45) is 0.894. The van der Waals surface area contributed by atoms with E-state index in [4.69, 9.17) is 11.6 Å². The molecule has 64 valence electrons. The first-order chi connectivity index (χ1) is 5.65. The third-order valence-electron chi connectivity index (χ3n) is 1.24. The molecule has 1 aromatic rings. The predicted molar refractivity (Wildman–Crippen MR) is 40.4 cm³/mol. The molecule has 1 heterocycles. The van der Waals surface area contributed by atoms with Crippen LogP contribution in [0.25, 0.3) is 0 Å². The maximum Gasteiger partial charge on any atom is 0.294 e. The highest BCUT2D eigenvalue weighted by molar-refractivity contribution is 6.17. The van der Waals surface area contributed by atoms with Crippen molar-refractivity contribution in [2.75, 3.05) is 0 Å². The Bertz CT molecular complexity index is 318. The van der Waals surface area contributed by atoms with Crippen molar-refractivity contribution < 1.29 is 9.31 Å². The predicted octanol–water partition coefficient (Wildman–Crippen LogP) is 1.87. The lowest BCUT2D eigenvalue weighted by Crippen LogP contribution is -1.97. The fourth-order valence-electron chi connectivity index (χ4n) is 0.718. The van der Waals surface area contributed by atoms with Gasteiger partial charge in [-0.15, -0.1) is 11.6 Å². The first kappa shape index (κ1) is 8.86. The summed E-state index contributed by atoms with van der Waals surface area (Å²) in [5.74, 6) is -0.841. The minimum atomic E-state index is -0.740. The van der Waals surface area contributed by atoms with Gasteiger partial charge in [-0.2, -0.15) is 0 Å². The molecule has 1 rings (SSSR count). The Morgan fingerprint density at radius 2 is 2.42 bits per heavy atom. The number of nitrogens with zero attached hydrogens (tertiary/aromatic N) is 2. The van der Waals surface area contributed by atoms with E-state index in [1.165, 1.54) is 0 Å². The quantitative estimate of drug-likeness (QED) is 0.406. The van der Waals surface area contributed by atoms with Crippen molar-refractivity contribution in [3.8, 4) is 0 Å². The van der Waals surface area contributed by atoms with Gasteiger partial charge in [0.2, 0.25) is 0 Å². The van der Waals surface area contributed by atoms with Gasteiger partial charge in [0.15, 0.2) is 0 Å². The van der Waals surface area contributed by atoms with Crippen LogP contribution < -0.4 is 0 Å². The molecule has 0 aromatic carbocycles. The summed E-state index contributed by atoms with van der Waals surface area (Å²) in [6, 6.07) is 0.796. The smallest absolute Gasteiger partial charge is 0.258 e. The molecule has 12 heavy (non-hydrogen) atoms. The largest absolute Gasteiger partial charge is 0.294 e. The van der Waals surface area contributed by atoms with E-state index in [1.807, 2.05) is 0 Å². The lowest BCUT2D eigenvalue weighted by atomic mass is 10.3. The molecule has 0 amide bonds. The summed E-state index contributed by atoms with van der Waals surface area (Å²) < 4.78 is 12.4. The molecule has 0 unspecified atom stereocenters. The second kappa shape index (κ2) is 3.44.